The Morgan fingerprint density at radius 1 is 1.22 bits per heavy atom. The monoisotopic (exact) mass is 311 g/mol. The Bertz CT molecular complexity index is 646. The van der Waals surface area contributed by atoms with Gasteiger partial charge in [0.15, 0.2) is 0 Å². The minimum Gasteiger partial charge on any atom is -0.492 e. The second-order valence-electron chi connectivity index (χ2n) is 5.63. The van der Waals surface area contributed by atoms with Gasteiger partial charge in [0.25, 0.3) is 0 Å². The highest BCUT2D eigenvalue weighted by atomic mass is 16.5. The molecular weight excluding hydrogens is 290 g/mol. The molecule has 5 heteroatoms. The third-order valence-electron chi connectivity index (χ3n) is 3.89. The van der Waals surface area contributed by atoms with Gasteiger partial charge in [0.05, 0.1) is 11.6 Å². The molecule has 1 amide bonds. The van der Waals surface area contributed by atoms with Crippen molar-refractivity contribution >= 4 is 11.6 Å². The first kappa shape index (κ1) is 15.3. The molecule has 2 aromatic rings. The number of hydrogen-bond acceptors (Lipinski definition) is 4. The van der Waals surface area contributed by atoms with E-state index in [0.29, 0.717) is 13.2 Å². The molecule has 0 radical (unpaired) electrons. The molecule has 1 aliphatic rings. The molecule has 0 bridgehead atoms. The number of para-hydroxylation sites is 1. The van der Waals surface area contributed by atoms with Crippen LogP contribution >= 0.6 is 0 Å². The van der Waals surface area contributed by atoms with Gasteiger partial charge in [-0.25, -0.2) is 0 Å². The van der Waals surface area contributed by atoms with Crippen LogP contribution in [0, 0.1) is 5.92 Å². The van der Waals surface area contributed by atoms with Crippen molar-refractivity contribution in [2.45, 2.75) is 12.8 Å². The molecule has 0 unspecified atom stereocenters. The molecule has 3 rings (SSSR count). The van der Waals surface area contributed by atoms with Crippen molar-refractivity contribution in [1.82, 2.24) is 10.3 Å². The number of amides is 1. The van der Waals surface area contributed by atoms with Crippen LogP contribution in [0.15, 0.2) is 48.8 Å². The van der Waals surface area contributed by atoms with Gasteiger partial charge in [-0.05, 0) is 36.6 Å². The molecule has 2 heterocycles. The van der Waals surface area contributed by atoms with Crippen molar-refractivity contribution in [1.29, 1.82) is 0 Å². The largest absolute Gasteiger partial charge is 0.492 e. The molecule has 0 spiro atoms. The standard InChI is InChI=1S/C18H21N3O2/c22-18(15-11-14-5-1-2-7-17(14)23-13-15)21-10-4-9-20-16-6-3-8-19-12-16/h1-3,5-8,12,15,20H,4,9-11,13H2,(H,21,22)/t15-/m0/s1. The second kappa shape index (κ2) is 7.63. The zero-order valence-corrected chi connectivity index (χ0v) is 13.0. The van der Waals surface area contributed by atoms with Crippen LogP contribution in [0.3, 0.4) is 0 Å². The first-order chi connectivity index (χ1) is 11.3. The molecular formula is C18H21N3O2. The first-order valence-electron chi connectivity index (χ1n) is 7.95. The average molecular weight is 311 g/mol. The van der Waals surface area contributed by atoms with Gasteiger partial charge >= 0.3 is 0 Å². The van der Waals surface area contributed by atoms with Crippen LogP contribution in [0.5, 0.6) is 5.75 Å². The van der Waals surface area contributed by atoms with Gasteiger partial charge < -0.3 is 15.4 Å². The Labute approximate surface area is 136 Å². The zero-order valence-electron chi connectivity index (χ0n) is 13.0. The number of ether oxygens (including phenoxy) is 1. The van der Waals surface area contributed by atoms with E-state index in [0.717, 1.165) is 36.4 Å². The summed E-state index contributed by atoms with van der Waals surface area (Å²) in [6.07, 6.45) is 5.14. The number of fused-ring (bicyclic) bond motifs is 1. The number of pyridine rings is 1. The molecule has 0 saturated carbocycles. The number of carbonyl (C=O) groups excluding carboxylic acids is 1. The highest BCUT2D eigenvalue weighted by Crippen LogP contribution is 2.26. The summed E-state index contributed by atoms with van der Waals surface area (Å²) in [5.74, 6) is 0.870. The fraction of sp³-hybridized carbons (Fsp3) is 0.333. The first-order valence-corrected chi connectivity index (χ1v) is 7.95. The van der Waals surface area contributed by atoms with E-state index in [2.05, 4.69) is 15.6 Å². The van der Waals surface area contributed by atoms with Gasteiger partial charge in [-0.2, -0.15) is 0 Å². The maximum Gasteiger partial charge on any atom is 0.226 e. The van der Waals surface area contributed by atoms with Crippen LogP contribution in [-0.2, 0) is 11.2 Å². The quantitative estimate of drug-likeness (QED) is 0.803. The maximum atomic E-state index is 12.2. The van der Waals surface area contributed by atoms with Crippen molar-refractivity contribution in [3.8, 4) is 5.75 Å². The SMILES string of the molecule is O=C(NCCCNc1cccnc1)[C@@H]1COc2ccccc2C1. The Hall–Kier alpha value is -2.56. The summed E-state index contributed by atoms with van der Waals surface area (Å²) in [4.78, 5) is 16.3. The zero-order chi connectivity index (χ0) is 15.9. The van der Waals surface area contributed by atoms with E-state index in [4.69, 9.17) is 4.74 Å². The fourth-order valence-corrected chi connectivity index (χ4v) is 2.64. The van der Waals surface area contributed by atoms with E-state index >= 15 is 0 Å². The second-order valence-corrected chi connectivity index (χ2v) is 5.63. The number of benzene rings is 1. The summed E-state index contributed by atoms with van der Waals surface area (Å²) in [7, 11) is 0. The summed E-state index contributed by atoms with van der Waals surface area (Å²) in [6, 6.07) is 11.8. The van der Waals surface area contributed by atoms with Crippen LogP contribution in [0.4, 0.5) is 5.69 Å². The number of carbonyl (C=O) groups is 1. The fourth-order valence-electron chi connectivity index (χ4n) is 2.64. The maximum absolute atomic E-state index is 12.2. The molecule has 2 N–H and O–H groups in total. The topological polar surface area (TPSA) is 63.2 Å². The summed E-state index contributed by atoms with van der Waals surface area (Å²) in [5.41, 5.74) is 2.10. The van der Waals surface area contributed by atoms with Crippen LogP contribution in [-0.4, -0.2) is 30.6 Å². The van der Waals surface area contributed by atoms with Crippen LogP contribution in [0.1, 0.15) is 12.0 Å². The minimum absolute atomic E-state index is 0.0703. The van der Waals surface area contributed by atoms with Gasteiger partial charge in [-0.15, -0.1) is 0 Å². The summed E-state index contributed by atoms with van der Waals surface area (Å²) < 4.78 is 5.66. The van der Waals surface area contributed by atoms with E-state index in [-0.39, 0.29) is 11.8 Å². The predicted molar refractivity (Wildman–Crippen MR) is 89.5 cm³/mol. The van der Waals surface area contributed by atoms with Gasteiger partial charge in [0.2, 0.25) is 5.91 Å². The molecule has 1 aliphatic heterocycles. The Balaban J connectivity index is 1.37. The van der Waals surface area contributed by atoms with Crippen LogP contribution < -0.4 is 15.4 Å². The predicted octanol–water partition coefficient (Wildman–Crippen LogP) is 2.25. The number of nitrogens with one attached hydrogen (secondary N) is 2. The van der Waals surface area contributed by atoms with Crippen molar-refractivity contribution in [2.75, 3.05) is 25.0 Å². The molecule has 1 aromatic carbocycles. The van der Waals surface area contributed by atoms with Gasteiger partial charge in [-0.3, -0.25) is 9.78 Å². The van der Waals surface area contributed by atoms with Crippen molar-refractivity contribution in [3.05, 3.63) is 54.4 Å². The van der Waals surface area contributed by atoms with Gasteiger partial charge in [0.1, 0.15) is 12.4 Å². The number of aromatic nitrogens is 1. The third kappa shape index (κ3) is 4.22. The van der Waals surface area contributed by atoms with Crippen molar-refractivity contribution in [2.24, 2.45) is 5.92 Å². The molecule has 1 atom stereocenters. The Morgan fingerprint density at radius 3 is 3.00 bits per heavy atom. The average Bonchev–Trinajstić information content (AvgIpc) is 2.61. The molecule has 23 heavy (non-hydrogen) atoms. The van der Waals surface area contributed by atoms with Crippen molar-refractivity contribution < 1.29 is 9.53 Å². The third-order valence-corrected chi connectivity index (χ3v) is 3.89. The minimum atomic E-state index is -0.101. The lowest BCUT2D eigenvalue weighted by Gasteiger charge is -2.24. The lowest BCUT2D eigenvalue weighted by molar-refractivity contribution is -0.126. The van der Waals surface area contributed by atoms with Crippen LogP contribution in [0.2, 0.25) is 0 Å². The highest BCUT2D eigenvalue weighted by Gasteiger charge is 2.25. The molecule has 5 nitrogen and oxygen atoms in total. The number of anilines is 1. The highest BCUT2D eigenvalue weighted by molar-refractivity contribution is 5.79. The van der Waals surface area contributed by atoms with E-state index in [1.54, 1.807) is 12.4 Å². The molecule has 120 valence electrons. The Kier molecular flexibility index (Phi) is 5.09. The number of nitrogens with zero attached hydrogens (tertiary/aromatic N) is 1. The van der Waals surface area contributed by atoms with Gasteiger partial charge in [-0.1, -0.05) is 18.2 Å². The summed E-state index contributed by atoms with van der Waals surface area (Å²) in [5, 5.41) is 6.27. The molecule has 0 saturated heterocycles. The van der Waals surface area contributed by atoms with Crippen molar-refractivity contribution in [3.63, 3.8) is 0 Å². The number of rotatable bonds is 6. The molecule has 0 fully saturated rings. The van der Waals surface area contributed by atoms with E-state index < -0.39 is 0 Å². The normalized spacial score (nSPS) is 16.1. The summed E-state index contributed by atoms with van der Waals surface area (Å²) >= 11 is 0. The van der Waals surface area contributed by atoms with Gasteiger partial charge in [0, 0.05) is 25.5 Å². The Morgan fingerprint density at radius 2 is 2.13 bits per heavy atom. The van der Waals surface area contributed by atoms with E-state index in [9.17, 15) is 4.79 Å². The smallest absolute Gasteiger partial charge is 0.226 e. The van der Waals surface area contributed by atoms with Crippen LogP contribution in [0.25, 0.3) is 0 Å². The molecule has 1 aromatic heterocycles. The molecule has 0 aliphatic carbocycles. The van der Waals surface area contributed by atoms with E-state index in [1.807, 2.05) is 36.4 Å². The number of hydrogen-bond donors (Lipinski definition) is 2. The summed E-state index contributed by atoms with van der Waals surface area (Å²) in [6.45, 7) is 1.91. The lowest BCUT2D eigenvalue weighted by Crippen LogP contribution is -2.38. The van der Waals surface area contributed by atoms with E-state index in [1.165, 1.54) is 0 Å². The lowest BCUT2D eigenvalue weighted by atomic mass is 9.96.